The molecule has 108 valence electrons. The number of halogens is 1. The summed E-state index contributed by atoms with van der Waals surface area (Å²) in [6, 6.07) is 11.2. The van der Waals surface area contributed by atoms with Crippen LogP contribution in [0, 0.1) is 5.82 Å². The molecule has 2 aromatic carbocycles. The fourth-order valence-corrected chi connectivity index (χ4v) is 2.68. The average Bonchev–Trinajstić information content (AvgIpc) is 2.81. The van der Waals surface area contributed by atoms with Crippen molar-refractivity contribution in [3.63, 3.8) is 0 Å². The second-order valence-electron chi connectivity index (χ2n) is 5.16. The van der Waals surface area contributed by atoms with Crippen LogP contribution in [0.2, 0.25) is 0 Å². The Morgan fingerprint density at radius 1 is 1.24 bits per heavy atom. The first-order valence-corrected chi connectivity index (χ1v) is 6.83. The molecule has 1 aliphatic rings. The third-order valence-electron chi connectivity index (χ3n) is 3.63. The van der Waals surface area contributed by atoms with E-state index in [1.165, 1.54) is 17.7 Å². The molecule has 0 saturated heterocycles. The topological polar surface area (TPSA) is 67.1 Å². The number of amides is 2. The van der Waals surface area contributed by atoms with E-state index < -0.39 is 0 Å². The zero-order valence-corrected chi connectivity index (χ0v) is 11.4. The molecule has 0 fully saturated rings. The van der Waals surface area contributed by atoms with Gasteiger partial charge in [-0.1, -0.05) is 12.1 Å². The molecule has 4 N–H and O–H groups in total. The molecule has 3 rings (SSSR count). The summed E-state index contributed by atoms with van der Waals surface area (Å²) in [5, 5.41) is 5.55. The molecule has 2 amide bonds. The summed E-state index contributed by atoms with van der Waals surface area (Å²) >= 11 is 0. The van der Waals surface area contributed by atoms with Crippen molar-refractivity contribution in [3.05, 3.63) is 59.4 Å². The summed E-state index contributed by atoms with van der Waals surface area (Å²) in [7, 11) is 0. The maximum atomic E-state index is 13.1. The fourth-order valence-electron chi connectivity index (χ4n) is 2.68. The van der Waals surface area contributed by atoms with E-state index in [9.17, 15) is 9.18 Å². The number of rotatable bonds is 2. The van der Waals surface area contributed by atoms with Gasteiger partial charge in [0.05, 0.1) is 6.04 Å². The number of urea groups is 1. The van der Waals surface area contributed by atoms with Gasteiger partial charge in [0.15, 0.2) is 0 Å². The van der Waals surface area contributed by atoms with E-state index >= 15 is 0 Å². The Kier molecular flexibility index (Phi) is 3.48. The number of carbonyl (C=O) groups excluding carboxylic acids is 1. The van der Waals surface area contributed by atoms with Gasteiger partial charge in [0, 0.05) is 11.4 Å². The molecule has 0 aliphatic heterocycles. The zero-order chi connectivity index (χ0) is 14.8. The average molecular weight is 285 g/mol. The van der Waals surface area contributed by atoms with Gasteiger partial charge in [0.2, 0.25) is 0 Å². The molecular weight excluding hydrogens is 269 g/mol. The highest BCUT2D eigenvalue weighted by Gasteiger charge is 2.23. The van der Waals surface area contributed by atoms with Gasteiger partial charge in [-0.05, 0) is 54.3 Å². The molecule has 2 aromatic rings. The Labute approximate surface area is 122 Å². The second-order valence-corrected chi connectivity index (χ2v) is 5.16. The molecule has 4 nitrogen and oxygen atoms in total. The summed E-state index contributed by atoms with van der Waals surface area (Å²) in [6.07, 6.45) is 1.74. The van der Waals surface area contributed by atoms with Crippen molar-refractivity contribution in [2.24, 2.45) is 0 Å². The maximum Gasteiger partial charge on any atom is 0.319 e. The monoisotopic (exact) mass is 285 g/mol. The quantitative estimate of drug-likeness (QED) is 0.742. The molecule has 21 heavy (non-hydrogen) atoms. The van der Waals surface area contributed by atoms with Gasteiger partial charge in [-0.15, -0.1) is 0 Å². The molecule has 0 spiro atoms. The van der Waals surface area contributed by atoms with Gasteiger partial charge in [-0.25, -0.2) is 9.18 Å². The minimum absolute atomic E-state index is 0.0332. The third kappa shape index (κ3) is 2.97. The Morgan fingerprint density at radius 2 is 2.10 bits per heavy atom. The smallest absolute Gasteiger partial charge is 0.319 e. The number of hydrogen-bond donors (Lipinski definition) is 3. The third-order valence-corrected chi connectivity index (χ3v) is 3.63. The van der Waals surface area contributed by atoms with Gasteiger partial charge >= 0.3 is 6.03 Å². The molecule has 0 bridgehead atoms. The van der Waals surface area contributed by atoms with Crippen LogP contribution in [0.3, 0.4) is 0 Å². The van der Waals surface area contributed by atoms with Crippen molar-refractivity contribution in [2.45, 2.75) is 18.9 Å². The molecule has 0 saturated carbocycles. The standard InChI is InChI=1S/C16H16FN3O/c17-11-2-1-3-13(9-11)19-16(21)20-15-7-4-10-8-12(18)5-6-14(10)15/h1-3,5-6,8-9,15H,4,7,18H2,(H2,19,20,21). The number of nitrogens with one attached hydrogen (secondary N) is 2. The Balaban J connectivity index is 1.67. The molecule has 5 heteroatoms. The number of aryl methyl sites for hydroxylation is 1. The summed E-state index contributed by atoms with van der Waals surface area (Å²) in [5.74, 6) is -0.380. The van der Waals surface area contributed by atoms with E-state index in [2.05, 4.69) is 10.6 Å². The van der Waals surface area contributed by atoms with Crippen LogP contribution in [0.4, 0.5) is 20.6 Å². The SMILES string of the molecule is Nc1ccc2c(c1)CCC2NC(=O)Nc1cccc(F)c1. The number of hydrogen-bond acceptors (Lipinski definition) is 2. The van der Waals surface area contributed by atoms with E-state index in [0.717, 1.165) is 24.1 Å². The number of carbonyl (C=O) groups is 1. The highest BCUT2D eigenvalue weighted by Crippen LogP contribution is 2.32. The van der Waals surface area contributed by atoms with Crippen LogP contribution in [0.5, 0.6) is 0 Å². The summed E-state index contributed by atoms with van der Waals surface area (Å²) in [4.78, 5) is 12.0. The van der Waals surface area contributed by atoms with Crippen LogP contribution in [0.25, 0.3) is 0 Å². The lowest BCUT2D eigenvalue weighted by molar-refractivity contribution is 0.248. The van der Waals surface area contributed by atoms with Crippen LogP contribution < -0.4 is 16.4 Å². The molecule has 1 unspecified atom stereocenters. The largest absolute Gasteiger partial charge is 0.399 e. The first-order valence-electron chi connectivity index (χ1n) is 6.83. The van der Waals surface area contributed by atoms with Crippen LogP contribution in [0.1, 0.15) is 23.6 Å². The van der Waals surface area contributed by atoms with E-state index in [4.69, 9.17) is 5.73 Å². The van der Waals surface area contributed by atoms with Gasteiger partial charge in [-0.3, -0.25) is 0 Å². The van der Waals surface area contributed by atoms with Crippen molar-refractivity contribution in [3.8, 4) is 0 Å². The summed E-state index contributed by atoms with van der Waals surface area (Å²) in [5.41, 5.74) is 9.20. The highest BCUT2D eigenvalue weighted by molar-refractivity contribution is 5.89. The van der Waals surface area contributed by atoms with Crippen molar-refractivity contribution < 1.29 is 9.18 Å². The van der Waals surface area contributed by atoms with Gasteiger partial charge < -0.3 is 16.4 Å². The fraction of sp³-hybridized carbons (Fsp3) is 0.188. The lowest BCUT2D eigenvalue weighted by Crippen LogP contribution is -2.31. The molecule has 1 aliphatic carbocycles. The van der Waals surface area contributed by atoms with Crippen molar-refractivity contribution in [1.29, 1.82) is 0 Å². The lowest BCUT2D eigenvalue weighted by atomic mass is 10.1. The first-order chi connectivity index (χ1) is 10.1. The minimum Gasteiger partial charge on any atom is -0.399 e. The predicted octanol–water partition coefficient (Wildman–Crippen LogP) is 3.22. The van der Waals surface area contributed by atoms with E-state index in [1.54, 1.807) is 12.1 Å². The van der Waals surface area contributed by atoms with Crippen LogP contribution in [-0.2, 0) is 6.42 Å². The van der Waals surface area contributed by atoms with Gasteiger partial charge in [0.1, 0.15) is 5.82 Å². The number of nitrogens with two attached hydrogens (primary N) is 1. The van der Waals surface area contributed by atoms with E-state index in [1.807, 2.05) is 18.2 Å². The zero-order valence-electron chi connectivity index (χ0n) is 11.4. The number of fused-ring (bicyclic) bond motifs is 1. The number of anilines is 2. The van der Waals surface area contributed by atoms with E-state index in [-0.39, 0.29) is 17.9 Å². The minimum atomic E-state index is -0.380. The Bertz CT molecular complexity index is 687. The Morgan fingerprint density at radius 3 is 2.90 bits per heavy atom. The van der Waals surface area contributed by atoms with Crippen molar-refractivity contribution >= 4 is 17.4 Å². The van der Waals surface area contributed by atoms with Crippen molar-refractivity contribution in [1.82, 2.24) is 5.32 Å². The Hall–Kier alpha value is -2.56. The molecular formula is C16H16FN3O. The molecule has 0 radical (unpaired) electrons. The second kappa shape index (κ2) is 5.44. The maximum absolute atomic E-state index is 13.1. The number of benzene rings is 2. The first kappa shape index (κ1) is 13.4. The van der Waals surface area contributed by atoms with Crippen molar-refractivity contribution in [2.75, 3.05) is 11.1 Å². The predicted molar refractivity (Wildman–Crippen MR) is 80.5 cm³/mol. The molecule has 0 aromatic heterocycles. The summed E-state index contributed by atoms with van der Waals surface area (Å²) in [6.45, 7) is 0. The highest BCUT2D eigenvalue weighted by atomic mass is 19.1. The van der Waals surface area contributed by atoms with Gasteiger partial charge in [0.25, 0.3) is 0 Å². The van der Waals surface area contributed by atoms with E-state index in [0.29, 0.717) is 5.69 Å². The van der Waals surface area contributed by atoms with Crippen LogP contribution in [0.15, 0.2) is 42.5 Å². The van der Waals surface area contributed by atoms with Crippen LogP contribution >= 0.6 is 0 Å². The molecule has 1 atom stereocenters. The molecule has 0 heterocycles. The van der Waals surface area contributed by atoms with Gasteiger partial charge in [-0.2, -0.15) is 0 Å². The summed E-state index contributed by atoms with van der Waals surface area (Å²) < 4.78 is 13.1. The lowest BCUT2D eigenvalue weighted by Gasteiger charge is -2.15. The van der Waals surface area contributed by atoms with Crippen LogP contribution in [-0.4, -0.2) is 6.03 Å². The number of nitrogen functional groups attached to an aromatic ring is 1. The normalized spacial score (nSPS) is 16.3.